The lowest BCUT2D eigenvalue weighted by atomic mass is 10.2. The summed E-state index contributed by atoms with van der Waals surface area (Å²) in [6.07, 6.45) is 1.39. The van der Waals surface area contributed by atoms with Crippen molar-refractivity contribution in [1.29, 1.82) is 0 Å². The van der Waals surface area contributed by atoms with Crippen molar-refractivity contribution in [3.8, 4) is 5.75 Å². The summed E-state index contributed by atoms with van der Waals surface area (Å²) in [5.74, 6) is -1.32. The smallest absolute Gasteiger partial charge is 0.278 e. The number of aromatic nitrogens is 1. The predicted molar refractivity (Wildman–Crippen MR) is 68.0 cm³/mol. The first-order chi connectivity index (χ1) is 8.58. The number of hydrogen-bond acceptors (Lipinski definition) is 3. The highest BCUT2D eigenvalue weighted by Crippen LogP contribution is 2.20. The van der Waals surface area contributed by atoms with Crippen molar-refractivity contribution in [3.05, 3.63) is 52.5 Å². The lowest BCUT2D eigenvalue weighted by molar-refractivity contribution is 0.101. The zero-order valence-electron chi connectivity index (χ0n) is 9.02. The van der Waals surface area contributed by atoms with Crippen LogP contribution in [-0.4, -0.2) is 16.0 Å². The van der Waals surface area contributed by atoms with Crippen LogP contribution in [0.15, 0.2) is 41.0 Å². The molecule has 1 aromatic carbocycles. The maximum Gasteiger partial charge on any atom is 0.278 e. The molecular formula is C12H8BrFN2O2. The van der Waals surface area contributed by atoms with E-state index < -0.39 is 11.7 Å². The van der Waals surface area contributed by atoms with Crippen LogP contribution in [0, 0.1) is 5.82 Å². The quantitative estimate of drug-likeness (QED) is 0.896. The van der Waals surface area contributed by atoms with Gasteiger partial charge in [-0.25, -0.2) is 9.37 Å². The minimum Gasteiger partial charge on any atom is -0.505 e. The molecule has 0 unspecified atom stereocenters. The SMILES string of the molecule is O=C(Nc1ccc(Br)c(F)c1)c1ncccc1O. The Labute approximate surface area is 111 Å². The Morgan fingerprint density at radius 2 is 2.17 bits per heavy atom. The molecule has 1 heterocycles. The number of benzene rings is 1. The van der Waals surface area contributed by atoms with E-state index in [1.807, 2.05) is 0 Å². The minimum absolute atomic E-state index is 0.110. The molecule has 0 bridgehead atoms. The Kier molecular flexibility index (Phi) is 3.57. The second-order valence-electron chi connectivity index (χ2n) is 3.45. The van der Waals surface area contributed by atoms with Gasteiger partial charge in [0.2, 0.25) is 0 Å². The van der Waals surface area contributed by atoms with Crippen molar-refractivity contribution < 1.29 is 14.3 Å². The minimum atomic E-state index is -0.602. The molecule has 0 saturated heterocycles. The summed E-state index contributed by atoms with van der Waals surface area (Å²) in [5.41, 5.74) is 0.173. The average molecular weight is 311 g/mol. The van der Waals surface area contributed by atoms with E-state index in [0.717, 1.165) is 0 Å². The van der Waals surface area contributed by atoms with Crippen LogP contribution in [0.25, 0.3) is 0 Å². The average Bonchev–Trinajstić information content (AvgIpc) is 2.34. The van der Waals surface area contributed by atoms with Crippen LogP contribution in [0.3, 0.4) is 0 Å². The summed E-state index contributed by atoms with van der Waals surface area (Å²) in [6, 6.07) is 7.03. The number of amides is 1. The molecule has 0 atom stereocenters. The molecule has 0 aliphatic heterocycles. The van der Waals surface area contributed by atoms with Gasteiger partial charge in [-0.3, -0.25) is 4.79 Å². The number of aromatic hydroxyl groups is 1. The molecule has 1 amide bonds. The van der Waals surface area contributed by atoms with Crippen LogP contribution < -0.4 is 5.32 Å². The van der Waals surface area contributed by atoms with Gasteiger partial charge in [0.25, 0.3) is 5.91 Å². The third-order valence-corrected chi connectivity index (χ3v) is 2.82. The fourth-order valence-electron chi connectivity index (χ4n) is 1.34. The zero-order valence-corrected chi connectivity index (χ0v) is 10.6. The molecule has 0 spiro atoms. The molecule has 0 aliphatic rings. The first-order valence-electron chi connectivity index (χ1n) is 4.98. The topological polar surface area (TPSA) is 62.2 Å². The summed E-state index contributed by atoms with van der Waals surface area (Å²) in [6.45, 7) is 0. The van der Waals surface area contributed by atoms with Gasteiger partial charge in [0, 0.05) is 11.9 Å². The van der Waals surface area contributed by atoms with Crippen molar-refractivity contribution in [3.63, 3.8) is 0 Å². The Balaban J connectivity index is 2.22. The van der Waals surface area contributed by atoms with E-state index in [1.54, 1.807) is 0 Å². The van der Waals surface area contributed by atoms with Crippen molar-refractivity contribution in [2.75, 3.05) is 5.32 Å². The number of halogens is 2. The molecule has 2 rings (SSSR count). The first-order valence-corrected chi connectivity index (χ1v) is 5.77. The first kappa shape index (κ1) is 12.5. The second-order valence-corrected chi connectivity index (χ2v) is 4.31. The number of carbonyl (C=O) groups excluding carboxylic acids is 1. The lowest BCUT2D eigenvalue weighted by Gasteiger charge is -2.06. The summed E-state index contributed by atoms with van der Waals surface area (Å²) in [7, 11) is 0. The van der Waals surface area contributed by atoms with Gasteiger partial charge in [-0.1, -0.05) is 0 Å². The molecule has 0 saturated carbocycles. The molecule has 6 heteroatoms. The summed E-state index contributed by atoms with van der Waals surface area (Å²) in [5, 5.41) is 11.9. The number of hydrogen-bond donors (Lipinski definition) is 2. The highest BCUT2D eigenvalue weighted by atomic mass is 79.9. The maximum absolute atomic E-state index is 13.2. The van der Waals surface area contributed by atoms with E-state index in [2.05, 4.69) is 26.2 Å². The van der Waals surface area contributed by atoms with Crippen molar-refractivity contribution in [2.45, 2.75) is 0 Å². The molecule has 2 N–H and O–H groups in total. The molecular weight excluding hydrogens is 303 g/mol. The number of anilines is 1. The molecule has 92 valence electrons. The number of pyridine rings is 1. The van der Waals surface area contributed by atoms with E-state index >= 15 is 0 Å². The molecule has 1 aromatic heterocycles. The van der Waals surface area contributed by atoms with Crippen LogP contribution in [-0.2, 0) is 0 Å². The highest BCUT2D eigenvalue weighted by Gasteiger charge is 2.12. The Bertz CT molecular complexity index is 604. The molecule has 4 nitrogen and oxygen atoms in total. The van der Waals surface area contributed by atoms with E-state index in [0.29, 0.717) is 4.47 Å². The molecule has 0 fully saturated rings. The predicted octanol–water partition coefficient (Wildman–Crippen LogP) is 2.94. The summed E-state index contributed by atoms with van der Waals surface area (Å²) in [4.78, 5) is 15.5. The van der Waals surface area contributed by atoms with E-state index in [9.17, 15) is 14.3 Å². The lowest BCUT2D eigenvalue weighted by Crippen LogP contribution is -2.13. The highest BCUT2D eigenvalue weighted by molar-refractivity contribution is 9.10. The van der Waals surface area contributed by atoms with Crippen LogP contribution >= 0.6 is 15.9 Å². The Hall–Kier alpha value is -1.95. The van der Waals surface area contributed by atoms with Crippen LogP contribution in [0.2, 0.25) is 0 Å². The molecule has 18 heavy (non-hydrogen) atoms. The van der Waals surface area contributed by atoms with Gasteiger partial charge in [-0.2, -0.15) is 0 Å². The van der Waals surface area contributed by atoms with Crippen LogP contribution in [0.1, 0.15) is 10.5 Å². The molecule has 2 aromatic rings. The van der Waals surface area contributed by atoms with Gasteiger partial charge in [0.05, 0.1) is 4.47 Å². The number of nitrogens with zero attached hydrogens (tertiary/aromatic N) is 1. The van der Waals surface area contributed by atoms with Gasteiger partial charge in [0.1, 0.15) is 11.6 Å². The van der Waals surface area contributed by atoms with Gasteiger partial charge in [0.15, 0.2) is 5.69 Å². The second kappa shape index (κ2) is 5.14. The van der Waals surface area contributed by atoms with Gasteiger partial charge >= 0.3 is 0 Å². The largest absolute Gasteiger partial charge is 0.505 e. The molecule has 0 radical (unpaired) electrons. The number of nitrogens with one attached hydrogen (secondary N) is 1. The van der Waals surface area contributed by atoms with E-state index in [1.165, 1.54) is 36.5 Å². The summed E-state index contributed by atoms with van der Waals surface area (Å²) < 4.78 is 13.6. The van der Waals surface area contributed by atoms with Gasteiger partial charge < -0.3 is 10.4 Å². The Morgan fingerprint density at radius 3 is 2.83 bits per heavy atom. The normalized spacial score (nSPS) is 10.1. The van der Waals surface area contributed by atoms with Crippen molar-refractivity contribution in [2.24, 2.45) is 0 Å². The standard InChI is InChI=1S/C12H8BrFN2O2/c13-8-4-3-7(6-9(8)14)16-12(18)11-10(17)2-1-5-15-11/h1-6,17H,(H,16,18). The van der Waals surface area contributed by atoms with Gasteiger partial charge in [-0.05, 0) is 46.3 Å². The van der Waals surface area contributed by atoms with Gasteiger partial charge in [-0.15, -0.1) is 0 Å². The third-order valence-electron chi connectivity index (χ3n) is 2.18. The zero-order chi connectivity index (χ0) is 13.1. The van der Waals surface area contributed by atoms with Crippen molar-refractivity contribution >= 4 is 27.5 Å². The van der Waals surface area contributed by atoms with E-state index in [-0.39, 0.29) is 17.1 Å². The number of carbonyl (C=O) groups is 1. The fraction of sp³-hybridized carbons (Fsp3) is 0. The maximum atomic E-state index is 13.2. The third kappa shape index (κ3) is 2.65. The van der Waals surface area contributed by atoms with Crippen molar-refractivity contribution in [1.82, 2.24) is 4.98 Å². The summed E-state index contributed by atoms with van der Waals surface area (Å²) >= 11 is 3.01. The monoisotopic (exact) mass is 310 g/mol. The van der Waals surface area contributed by atoms with Crippen LogP contribution in [0.4, 0.5) is 10.1 Å². The number of rotatable bonds is 2. The Morgan fingerprint density at radius 1 is 1.39 bits per heavy atom. The molecule has 0 aliphatic carbocycles. The fourth-order valence-corrected chi connectivity index (χ4v) is 1.58. The van der Waals surface area contributed by atoms with E-state index in [4.69, 9.17) is 0 Å². The van der Waals surface area contributed by atoms with Crippen LogP contribution in [0.5, 0.6) is 5.75 Å².